The number of anilines is 1. The van der Waals surface area contributed by atoms with Gasteiger partial charge in [-0.05, 0) is 35.7 Å². The summed E-state index contributed by atoms with van der Waals surface area (Å²) >= 11 is 0. The highest BCUT2D eigenvalue weighted by Gasteiger charge is 2.20. The van der Waals surface area contributed by atoms with Crippen LogP contribution < -0.4 is 5.32 Å². The fourth-order valence-corrected chi connectivity index (χ4v) is 3.59. The number of rotatable bonds is 6. The van der Waals surface area contributed by atoms with E-state index in [2.05, 4.69) is 16.4 Å². The number of nitrogens with zero attached hydrogens (tertiary/aromatic N) is 3. The van der Waals surface area contributed by atoms with E-state index in [1.807, 2.05) is 23.1 Å². The number of carbonyl (C=O) groups excluding carboxylic acids is 1. The van der Waals surface area contributed by atoms with Crippen molar-refractivity contribution in [3.8, 4) is 0 Å². The minimum absolute atomic E-state index is 0.0472. The lowest BCUT2D eigenvalue weighted by Gasteiger charge is -2.16. The van der Waals surface area contributed by atoms with Crippen LogP contribution in [0.5, 0.6) is 0 Å². The molecule has 7 heteroatoms. The van der Waals surface area contributed by atoms with Gasteiger partial charge in [0.15, 0.2) is 0 Å². The maximum absolute atomic E-state index is 11.8. The molecule has 1 N–H and O–H groups in total. The number of aromatic nitrogens is 1. The topological polar surface area (TPSA) is 88.4 Å². The van der Waals surface area contributed by atoms with Crippen LogP contribution in [0.25, 0.3) is 10.9 Å². The van der Waals surface area contributed by atoms with Crippen molar-refractivity contribution in [2.45, 2.75) is 25.9 Å². The standard InChI is InChI=1S/C21H20N4O3/c26-20-7-3-11-24(20)14-16-5-1-4-15(12-16)13-23-18-8-9-19(25(27)28)17-6-2-10-22-21(17)18/h1-2,4-6,8-10,12,23H,3,7,11,13-14H2. The molecule has 0 unspecified atom stereocenters. The van der Waals surface area contributed by atoms with Gasteiger partial charge in [0.2, 0.25) is 5.91 Å². The summed E-state index contributed by atoms with van der Waals surface area (Å²) in [5.41, 5.74) is 3.55. The third-order valence-corrected chi connectivity index (χ3v) is 4.96. The minimum Gasteiger partial charge on any atom is -0.379 e. The van der Waals surface area contributed by atoms with Gasteiger partial charge in [-0.1, -0.05) is 24.3 Å². The number of hydrogen-bond acceptors (Lipinski definition) is 5. The summed E-state index contributed by atoms with van der Waals surface area (Å²) in [5, 5.41) is 15.1. The number of benzene rings is 2. The molecule has 0 atom stereocenters. The van der Waals surface area contributed by atoms with E-state index in [0.29, 0.717) is 30.4 Å². The largest absolute Gasteiger partial charge is 0.379 e. The number of nitro groups is 1. The molecule has 142 valence electrons. The fraction of sp³-hybridized carbons (Fsp3) is 0.238. The Morgan fingerprint density at radius 2 is 2.00 bits per heavy atom. The zero-order valence-electron chi connectivity index (χ0n) is 15.3. The Bertz CT molecular complexity index is 1050. The summed E-state index contributed by atoms with van der Waals surface area (Å²) in [6.45, 7) is 2.02. The molecule has 0 aliphatic carbocycles. The predicted molar refractivity (Wildman–Crippen MR) is 107 cm³/mol. The number of fused-ring (bicyclic) bond motifs is 1. The smallest absolute Gasteiger partial charge is 0.278 e. The molecule has 1 aromatic heterocycles. The van der Waals surface area contributed by atoms with Crippen molar-refractivity contribution in [1.82, 2.24) is 9.88 Å². The molecular formula is C21H20N4O3. The van der Waals surface area contributed by atoms with Crippen LogP contribution in [0.1, 0.15) is 24.0 Å². The second-order valence-electron chi connectivity index (χ2n) is 6.88. The molecular weight excluding hydrogens is 356 g/mol. The van der Waals surface area contributed by atoms with E-state index in [9.17, 15) is 14.9 Å². The van der Waals surface area contributed by atoms with Crippen molar-refractivity contribution in [2.75, 3.05) is 11.9 Å². The Morgan fingerprint density at radius 3 is 2.79 bits per heavy atom. The first kappa shape index (κ1) is 17.9. The Labute approximate surface area is 162 Å². The average Bonchev–Trinajstić information content (AvgIpc) is 3.10. The summed E-state index contributed by atoms with van der Waals surface area (Å²) in [7, 11) is 0. The number of nitro benzene ring substituents is 1. The lowest BCUT2D eigenvalue weighted by atomic mass is 10.1. The van der Waals surface area contributed by atoms with Crippen LogP contribution in [0, 0.1) is 10.1 Å². The van der Waals surface area contributed by atoms with Crippen molar-refractivity contribution in [3.63, 3.8) is 0 Å². The second kappa shape index (κ2) is 7.64. The van der Waals surface area contributed by atoms with Crippen molar-refractivity contribution < 1.29 is 9.72 Å². The first-order valence-corrected chi connectivity index (χ1v) is 9.23. The van der Waals surface area contributed by atoms with E-state index < -0.39 is 4.92 Å². The highest BCUT2D eigenvalue weighted by molar-refractivity contribution is 5.96. The number of carbonyl (C=O) groups is 1. The third-order valence-electron chi connectivity index (χ3n) is 4.96. The molecule has 7 nitrogen and oxygen atoms in total. The molecule has 0 saturated carbocycles. The van der Waals surface area contributed by atoms with Crippen LogP contribution >= 0.6 is 0 Å². The quantitative estimate of drug-likeness (QED) is 0.521. The highest BCUT2D eigenvalue weighted by Crippen LogP contribution is 2.30. The zero-order valence-corrected chi connectivity index (χ0v) is 15.3. The molecule has 1 saturated heterocycles. The maximum Gasteiger partial charge on any atom is 0.278 e. The van der Waals surface area contributed by atoms with E-state index in [1.165, 1.54) is 6.07 Å². The van der Waals surface area contributed by atoms with Gasteiger partial charge in [0.05, 0.1) is 16.0 Å². The van der Waals surface area contributed by atoms with Gasteiger partial charge in [-0.25, -0.2) is 0 Å². The summed E-state index contributed by atoms with van der Waals surface area (Å²) in [4.78, 5) is 28.9. The molecule has 0 radical (unpaired) electrons. The van der Waals surface area contributed by atoms with Gasteiger partial charge >= 0.3 is 0 Å². The predicted octanol–water partition coefficient (Wildman–Crippen LogP) is 3.88. The van der Waals surface area contributed by atoms with E-state index in [0.717, 1.165) is 29.8 Å². The molecule has 28 heavy (non-hydrogen) atoms. The van der Waals surface area contributed by atoms with Gasteiger partial charge in [-0.2, -0.15) is 0 Å². The van der Waals surface area contributed by atoms with Crippen LogP contribution in [0.4, 0.5) is 11.4 Å². The minimum atomic E-state index is -0.392. The Kier molecular flexibility index (Phi) is 4.89. The van der Waals surface area contributed by atoms with Gasteiger partial charge in [0, 0.05) is 38.3 Å². The number of amides is 1. The van der Waals surface area contributed by atoms with Crippen LogP contribution in [-0.2, 0) is 17.9 Å². The van der Waals surface area contributed by atoms with Crippen molar-refractivity contribution in [1.29, 1.82) is 0 Å². The maximum atomic E-state index is 11.8. The SMILES string of the molecule is O=C1CCCN1Cc1cccc(CNc2ccc([N+](=O)[O-])c3cccnc23)c1. The van der Waals surface area contributed by atoms with Crippen molar-refractivity contribution in [3.05, 3.63) is 76.0 Å². The Morgan fingerprint density at radius 1 is 1.14 bits per heavy atom. The zero-order chi connectivity index (χ0) is 19.5. The van der Waals surface area contributed by atoms with Gasteiger partial charge in [-0.15, -0.1) is 0 Å². The molecule has 1 aliphatic rings. The molecule has 0 spiro atoms. The number of likely N-dealkylation sites (tertiary alicyclic amines) is 1. The molecule has 1 fully saturated rings. The van der Waals surface area contributed by atoms with Gasteiger partial charge in [0.25, 0.3) is 5.69 Å². The van der Waals surface area contributed by atoms with Crippen LogP contribution in [0.3, 0.4) is 0 Å². The number of hydrogen-bond donors (Lipinski definition) is 1. The van der Waals surface area contributed by atoms with E-state index >= 15 is 0 Å². The van der Waals surface area contributed by atoms with Crippen LogP contribution in [0.15, 0.2) is 54.7 Å². The number of non-ortho nitro benzene ring substituents is 1. The summed E-state index contributed by atoms with van der Waals surface area (Å²) in [5.74, 6) is 0.215. The average molecular weight is 376 g/mol. The van der Waals surface area contributed by atoms with Crippen LogP contribution in [-0.4, -0.2) is 27.3 Å². The fourth-order valence-electron chi connectivity index (χ4n) is 3.59. The van der Waals surface area contributed by atoms with Crippen LogP contribution in [0.2, 0.25) is 0 Å². The van der Waals surface area contributed by atoms with E-state index in [-0.39, 0.29) is 11.6 Å². The molecule has 1 amide bonds. The lowest BCUT2D eigenvalue weighted by molar-refractivity contribution is -0.383. The number of nitrogens with one attached hydrogen (secondary N) is 1. The first-order valence-electron chi connectivity index (χ1n) is 9.23. The number of pyridine rings is 1. The Hall–Kier alpha value is -3.48. The van der Waals surface area contributed by atoms with E-state index in [4.69, 9.17) is 0 Å². The van der Waals surface area contributed by atoms with Gasteiger partial charge in [-0.3, -0.25) is 19.9 Å². The monoisotopic (exact) mass is 376 g/mol. The first-order chi connectivity index (χ1) is 13.6. The normalized spacial score (nSPS) is 13.9. The molecule has 3 aromatic rings. The second-order valence-corrected chi connectivity index (χ2v) is 6.88. The van der Waals surface area contributed by atoms with Gasteiger partial charge < -0.3 is 10.2 Å². The van der Waals surface area contributed by atoms with Crippen molar-refractivity contribution in [2.24, 2.45) is 0 Å². The third kappa shape index (κ3) is 3.64. The molecule has 2 aromatic carbocycles. The Balaban J connectivity index is 1.52. The molecule has 2 heterocycles. The van der Waals surface area contributed by atoms with E-state index in [1.54, 1.807) is 24.4 Å². The molecule has 0 bridgehead atoms. The van der Waals surface area contributed by atoms with Gasteiger partial charge in [0.1, 0.15) is 5.52 Å². The summed E-state index contributed by atoms with van der Waals surface area (Å²) in [6.07, 6.45) is 3.20. The van der Waals surface area contributed by atoms with Crippen molar-refractivity contribution >= 4 is 28.2 Å². The summed E-state index contributed by atoms with van der Waals surface area (Å²) < 4.78 is 0. The molecule has 4 rings (SSSR count). The molecule has 1 aliphatic heterocycles. The lowest BCUT2D eigenvalue weighted by Crippen LogP contribution is -2.23. The highest BCUT2D eigenvalue weighted by atomic mass is 16.6. The summed E-state index contributed by atoms with van der Waals surface area (Å²) in [6, 6.07) is 14.7.